The Bertz CT molecular complexity index is 630. The molecule has 0 aliphatic carbocycles. The number of benzene rings is 1. The van der Waals surface area contributed by atoms with Crippen molar-refractivity contribution >= 4 is 11.9 Å². The van der Waals surface area contributed by atoms with Crippen LogP contribution < -0.4 is 4.74 Å². The highest BCUT2D eigenvalue weighted by Gasteiger charge is 2.58. The van der Waals surface area contributed by atoms with Crippen LogP contribution in [0.15, 0.2) is 24.3 Å². The van der Waals surface area contributed by atoms with Crippen LogP contribution in [0.1, 0.15) is 53.0 Å². The van der Waals surface area contributed by atoms with Gasteiger partial charge in [0.1, 0.15) is 16.9 Å². The van der Waals surface area contributed by atoms with Crippen molar-refractivity contribution < 1.29 is 19.1 Å². The fourth-order valence-electron chi connectivity index (χ4n) is 3.24. The molecule has 0 aromatic heterocycles. The average molecular weight is 347 g/mol. The highest BCUT2D eigenvalue weighted by molar-refractivity contribution is 5.99. The Labute approximate surface area is 150 Å². The molecule has 0 spiro atoms. The van der Waals surface area contributed by atoms with Gasteiger partial charge in [0, 0.05) is 6.54 Å². The van der Waals surface area contributed by atoms with E-state index >= 15 is 0 Å². The van der Waals surface area contributed by atoms with Crippen molar-refractivity contribution in [1.82, 2.24) is 4.90 Å². The molecule has 5 heteroatoms. The van der Waals surface area contributed by atoms with Gasteiger partial charge in [0.05, 0.1) is 13.5 Å². The Morgan fingerprint density at radius 2 is 1.84 bits per heavy atom. The minimum absolute atomic E-state index is 0.0117. The maximum Gasteiger partial charge on any atom is 0.333 e. The highest BCUT2D eigenvalue weighted by Crippen LogP contribution is 2.41. The average Bonchev–Trinajstić information content (AvgIpc) is 2.50. The minimum Gasteiger partial charge on any atom is -0.497 e. The number of esters is 1. The Balaban J connectivity index is 2.25. The van der Waals surface area contributed by atoms with Crippen molar-refractivity contribution in [2.75, 3.05) is 7.11 Å². The molecule has 1 heterocycles. The van der Waals surface area contributed by atoms with Gasteiger partial charge in [0.15, 0.2) is 0 Å². The maximum atomic E-state index is 12.9. The summed E-state index contributed by atoms with van der Waals surface area (Å²) in [5, 5.41) is 0. The summed E-state index contributed by atoms with van der Waals surface area (Å²) in [5.74, 6) is 0.724. The fourth-order valence-corrected chi connectivity index (χ4v) is 3.24. The lowest BCUT2D eigenvalue weighted by atomic mass is 9.76. The van der Waals surface area contributed by atoms with E-state index in [1.807, 2.05) is 45.0 Å². The highest BCUT2D eigenvalue weighted by atomic mass is 16.6. The van der Waals surface area contributed by atoms with Gasteiger partial charge in [-0.2, -0.15) is 0 Å². The monoisotopic (exact) mass is 347 g/mol. The van der Waals surface area contributed by atoms with Crippen LogP contribution in [0.5, 0.6) is 5.75 Å². The molecule has 1 amide bonds. The third-order valence-corrected chi connectivity index (χ3v) is 4.29. The second-order valence-electron chi connectivity index (χ2n) is 8.14. The smallest absolute Gasteiger partial charge is 0.333 e. The van der Waals surface area contributed by atoms with Crippen molar-refractivity contribution in [2.24, 2.45) is 5.92 Å². The summed E-state index contributed by atoms with van der Waals surface area (Å²) in [4.78, 5) is 26.9. The molecule has 25 heavy (non-hydrogen) atoms. The van der Waals surface area contributed by atoms with E-state index in [-0.39, 0.29) is 24.2 Å². The molecular formula is C20H29NO4. The summed E-state index contributed by atoms with van der Waals surface area (Å²) in [6.45, 7) is 10.1. The van der Waals surface area contributed by atoms with Crippen LogP contribution in [0.4, 0.5) is 0 Å². The van der Waals surface area contributed by atoms with E-state index in [0.717, 1.165) is 11.3 Å². The number of hydrogen-bond donors (Lipinski definition) is 0. The third kappa shape index (κ3) is 4.33. The molecule has 0 saturated carbocycles. The molecule has 0 radical (unpaired) electrons. The quantitative estimate of drug-likeness (QED) is 0.583. The van der Waals surface area contributed by atoms with Gasteiger partial charge in [-0.25, -0.2) is 4.79 Å². The summed E-state index contributed by atoms with van der Waals surface area (Å²) in [5.41, 5.74) is -0.477. The minimum atomic E-state index is -0.863. The number of amides is 1. The van der Waals surface area contributed by atoms with E-state index in [1.54, 1.807) is 12.0 Å². The van der Waals surface area contributed by atoms with E-state index in [9.17, 15) is 9.59 Å². The van der Waals surface area contributed by atoms with Crippen molar-refractivity contribution in [3.05, 3.63) is 29.8 Å². The van der Waals surface area contributed by atoms with Crippen LogP contribution in [-0.4, -0.2) is 35.0 Å². The largest absolute Gasteiger partial charge is 0.497 e. The SMILES string of the molecule is COc1ccc(CN2C(=O)C[C@@]2(CC(C)C)C(=O)OC(C)(C)C)cc1. The summed E-state index contributed by atoms with van der Waals surface area (Å²) < 4.78 is 10.8. The van der Waals surface area contributed by atoms with Gasteiger partial charge in [-0.15, -0.1) is 0 Å². The first-order chi connectivity index (χ1) is 11.6. The second-order valence-corrected chi connectivity index (χ2v) is 8.14. The van der Waals surface area contributed by atoms with Gasteiger partial charge in [0.2, 0.25) is 5.91 Å². The van der Waals surface area contributed by atoms with Crippen LogP contribution in [0.3, 0.4) is 0 Å². The van der Waals surface area contributed by atoms with Gasteiger partial charge >= 0.3 is 5.97 Å². The first-order valence-electron chi connectivity index (χ1n) is 8.74. The fraction of sp³-hybridized carbons (Fsp3) is 0.600. The lowest BCUT2D eigenvalue weighted by molar-refractivity contribution is -0.190. The summed E-state index contributed by atoms with van der Waals surface area (Å²) >= 11 is 0. The van der Waals surface area contributed by atoms with E-state index in [2.05, 4.69) is 13.8 Å². The standard InChI is InChI=1S/C20H29NO4/c1-14(2)11-20(18(23)25-19(3,4)5)12-17(22)21(20)13-15-7-9-16(24-6)10-8-15/h7-10,14H,11-13H2,1-6H3/t20-/m0/s1. The maximum absolute atomic E-state index is 12.9. The van der Waals surface area contributed by atoms with Crippen LogP contribution >= 0.6 is 0 Å². The number of methoxy groups -OCH3 is 1. The molecule has 2 rings (SSSR count). The van der Waals surface area contributed by atoms with Crippen molar-refractivity contribution in [3.8, 4) is 5.75 Å². The zero-order valence-electron chi connectivity index (χ0n) is 16.1. The van der Waals surface area contributed by atoms with Crippen LogP contribution in [-0.2, 0) is 20.9 Å². The number of β-lactam (4-membered cyclic amide) rings is 1. The van der Waals surface area contributed by atoms with Gasteiger partial charge in [-0.05, 0) is 50.8 Å². The van der Waals surface area contributed by atoms with Crippen LogP contribution in [0.2, 0.25) is 0 Å². The van der Waals surface area contributed by atoms with Gasteiger partial charge in [-0.3, -0.25) is 4.79 Å². The lowest BCUT2D eigenvalue weighted by Gasteiger charge is -2.51. The molecule has 1 aliphatic rings. The van der Waals surface area contributed by atoms with Crippen molar-refractivity contribution in [3.63, 3.8) is 0 Å². The molecule has 1 saturated heterocycles. The number of ether oxygens (including phenoxy) is 2. The number of likely N-dealkylation sites (tertiary alicyclic amines) is 1. The van der Waals surface area contributed by atoms with Gasteiger partial charge < -0.3 is 14.4 Å². The second kappa shape index (κ2) is 7.06. The molecule has 0 bridgehead atoms. The number of rotatable bonds is 6. The molecule has 1 atom stereocenters. The zero-order valence-corrected chi connectivity index (χ0v) is 16.1. The van der Waals surface area contributed by atoms with Gasteiger partial charge in [-0.1, -0.05) is 26.0 Å². The molecule has 0 N–H and O–H groups in total. The van der Waals surface area contributed by atoms with E-state index in [0.29, 0.717) is 13.0 Å². The van der Waals surface area contributed by atoms with Crippen molar-refractivity contribution in [2.45, 2.75) is 65.1 Å². The molecule has 1 aromatic rings. The first-order valence-corrected chi connectivity index (χ1v) is 8.74. The Morgan fingerprint density at radius 1 is 1.24 bits per heavy atom. The predicted octanol–water partition coefficient (Wildman–Crippen LogP) is 3.55. The van der Waals surface area contributed by atoms with E-state index < -0.39 is 11.1 Å². The number of carbonyl (C=O) groups is 2. The van der Waals surface area contributed by atoms with Crippen LogP contribution in [0.25, 0.3) is 0 Å². The molecule has 1 fully saturated rings. The first kappa shape index (κ1) is 19.3. The number of carbonyl (C=O) groups excluding carboxylic acids is 2. The molecule has 1 aromatic carbocycles. The Hall–Kier alpha value is -2.04. The number of nitrogens with zero attached hydrogens (tertiary/aromatic N) is 1. The molecular weight excluding hydrogens is 318 g/mol. The summed E-state index contributed by atoms with van der Waals surface area (Å²) in [6.07, 6.45) is 0.820. The molecule has 5 nitrogen and oxygen atoms in total. The third-order valence-electron chi connectivity index (χ3n) is 4.29. The predicted molar refractivity (Wildman–Crippen MR) is 96.2 cm³/mol. The Kier molecular flexibility index (Phi) is 5.45. The molecule has 0 unspecified atom stereocenters. The zero-order chi connectivity index (χ0) is 18.8. The van der Waals surface area contributed by atoms with Crippen LogP contribution in [0, 0.1) is 5.92 Å². The normalized spacial score (nSPS) is 20.4. The van der Waals surface area contributed by atoms with E-state index in [1.165, 1.54) is 0 Å². The van der Waals surface area contributed by atoms with E-state index in [4.69, 9.17) is 9.47 Å². The van der Waals surface area contributed by atoms with Crippen molar-refractivity contribution in [1.29, 1.82) is 0 Å². The van der Waals surface area contributed by atoms with Gasteiger partial charge in [0.25, 0.3) is 0 Å². The molecule has 138 valence electrons. The Morgan fingerprint density at radius 3 is 2.28 bits per heavy atom. The molecule has 1 aliphatic heterocycles. The topological polar surface area (TPSA) is 55.8 Å². The number of hydrogen-bond acceptors (Lipinski definition) is 4. The summed E-state index contributed by atoms with van der Waals surface area (Å²) in [7, 11) is 1.62. The lowest BCUT2D eigenvalue weighted by Crippen LogP contribution is -2.68. The summed E-state index contributed by atoms with van der Waals surface area (Å²) in [6, 6.07) is 7.55.